The number of piperidine rings is 1. The van der Waals surface area contributed by atoms with Gasteiger partial charge in [-0.05, 0) is 67.0 Å². The fourth-order valence-electron chi connectivity index (χ4n) is 5.12. The number of rotatable bonds is 9. The zero-order valence-corrected chi connectivity index (χ0v) is 19.4. The molecule has 0 spiro atoms. The Labute approximate surface area is 201 Å². The van der Waals surface area contributed by atoms with Gasteiger partial charge in [-0.15, -0.1) is 0 Å². The third-order valence-corrected chi connectivity index (χ3v) is 6.85. The van der Waals surface area contributed by atoms with Gasteiger partial charge in [-0.3, -0.25) is 4.79 Å². The number of primary amides is 1. The Kier molecular flexibility index (Phi) is 7.63. The lowest BCUT2D eigenvalue weighted by atomic mass is 9.76. The van der Waals surface area contributed by atoms with E-state index in [0.717, 1.165) is 37.1 Å². The van der Waals surface area contributed by atoms with Gasteiger partial charge in [0.2, 0.25) is 5.91 Å². The van der Waals surface area contributed by atoms with E-state index in [-0.39, 0.29) is 11.5 Å². The summed E-state index contributed by atoms with van der Waals surface area (Å²) in [5, 5.41) is 9.30. The number of carbonyl (C=O) groups excluding carboxylic acids is 1. The molecule has 0 aliphatic carbocycles. The maximum absolute atomic E-state index is 12.9. The second-order valence-electron chi connectivity index (χ2n) is 9.04. The Hall–Kier alpha value is -3.60. The quantitative estimate of drug-likeness (QED) is 0.454. The largest absolute Gasteiger partial charge is 0.478 e. The summed E-state index contributed by atoms with van der Waals surface area (Å²) in [4.78, 5) is 26.7. The fourth-order valence-corrected chi connectivity index (χ4v) is 5.12. The zero-order valence-electron chi connectivity index (χ0n) is 19.4. The van der Waals surface area contributed by atoms with Crippen molar-refractivity contribution in [2.45, 2.75) is 43.9 Å². The molecule has 1 aliphatic rings. The average molecular weight is 457 g/mol. The van der Waals surface area contributed by atoms with Crippen molar-refractivity contribution in [3.8, 4) is 0 Å². The fraction of sp³-hybridized carbons (Fsp3) is 0.310. The third kappa shape index (κ3) is 5.48. The van der Waals surface area contributed by atoms with E-state index in [1.165, 1.54) is 30.5 Å². The van der Waals surface area contributed by atoms with Crippen molar-refractivity contribution in [1.82, 2.24) is 0 Å². The van der Waals surface area contributed by atoms with E-state index in [2.05, 4.69) is 35.2 Å². The predicted molar refractivity (Wildman–Crippen MR) is 135 cm³/mol. The van der Waals surface area contributed by atoms with Crippen molar-refractivity contribution in [3.63, 3.8) is 0 Å². The Morgan fingerprint density at radius 3 is 2.15 bits per heavy atom. The molecule has 1 saturated heterocycles. The number of para-hydroxylation sites is 1. The molecular weight excluding hydrogens is 424 g/mol. The van der Waals surface area contributed by atoms with E-state index in [0.29, 0.717) is 0 Å². The highest BCUT2D eigenvalue weighted by molar-refractivity contribution is 5.88. The molecule has 1 aliphatic heterocycles. The lowest BCUT2D eigenvalue weighted by Crippen LogP contribution is -2.32. The maximum atomic E-state index is 12.9. The normalized spacial score (nSPS) is 15.5. The van der Waals surface area contributed by atoms with E-state index in [4.69, 9.17) is 5.73 Å². The summed E-state index contributed by atoms with van der Waals surface area (Å²) < 4.78 is 0. The van der Waals surface area contributed by atoms with Crippen molar-refractivity contribution < 1.29 is 14.7 Å². The van der Waals surface area contributed by atoms with Gasteiger partial charge in [0.1, 0.15) is 0 Å². The SMILES string of the molecule is NC(=O)C(c1ccc(C(=O)O)cc1)C(CCc1ccccc1)c1ccccc1N1CCCCC1. The molecule has 5 heteroatoms. The number of aryl methyl sites for hydroxylation is 1. The van der Waals surface area contributed by atoms with Gasteiger partial charge in [-0.25, -0.2) is 4.79 Å². The van der Waals surface area contributed by atoms with E-state index in [1.807, 2.05) is 24.3 Å². The van der Waals surface area contributed by atoms with Gasteiger partial charge in [0.15, 0.2) is 0 Å². The molecule has 2 atom stereocenters. The van der Waals surface area contributed by atoms with Gasteiger partial charge in [0.05, 0.1) is 11.5 Å². The first-order valence-corrected chi connectivity index (χ1v) is 12.0. The monoisotopic (exact) mass is 456 g/mol. The van der Waals surface area contributed by atoms with Crippen LogP contribution in [0.5, 0.6) is 0 Å². The number of hydrogen-bond donors (Lipinski definition) is 2. The minimum absolute atomic E-state index is 0.133. The van der Waals surface area contributed by atoms with Crippen molar-refractivity contribution in [2.75, 3.05) is 18.0 Å². The van der Waals surface area contributed by atoms with Crippen LogP contribution in [-0.2, 0) is 11.2 Å². The first-order valence-electron chi connectivity index (χ1n) is 12.0. The summed E-state index contributed by atoms with van der Waals surface area (Å²) in [5.41, 5.74) is 10.5. The number of nitrogens with two attached hydrogens (primary N) is 1. The first-order chi connectivity index (χ1) is 16.5. The number of anilines is 1. The van der Waals surface area contributed by atoms with Crippen molar-refractivity contribution >= 4 is 17.6 Å². The Balaban J connectivity index is 1.75. The summed E-state index contributed by atoms with van der Waals surface area (Å²) in [7, 11) is 0. The molecule has 4 rings (SSSR count). The van der Waals surface area contributed by atoms with Crippen LogP contribution < -0.4 is 10.6 Å². The number of benzene rings is 3. The molecular formula is C29H32N2O3. The minimum Gasteiger partial charge on any atom is -0.478 e. The number of carboxylic acids is 1. The lowest BCUT2D eigenvalue weighted by molar-refractivity contribution is -0.120. The maximum Gasteiger partial charge on any atom is 0.335 e. The first kappa shape index (κ1) is 23.6. The highest BCUT2D eigenvalue weighted by Crippen LogP contribution is 2.41. The molecule has 3 aromatic carbocycles. The summed E-state index contributed by atoms with van der Waals surface area (Å²) in [6.07, 6.45) is 5.15. The van der Waals surface area contributed by atoms with Crippen LogP contribution in [0.25, 0.3) is 0 Å². The van der Waals surface area contributed by atoms with Crippen LogP contribution in [-0.4, -0.2) is 30.1 Å². The van der Waals surface area contributed by atoms with Crippen molar-refractivity contribution in [1.29, 1.82) is 0 Å². The number of amides is 1. The molecule has 1 heterocycles. The minimum atomic E-state index is -0.988. The topological polar surface area (TPSA) is 83.6 Å². The molecule has 1 fully saturated rings. The Morgan fingerprint density at radius 1 is 0.853 bits per heavy atom. The number of nitrogens with zero attached hydrogens (tertiary/aromatic N) is 1. The molecule has 3 N–H and O–H groups in total. The molecule has 176 valence electrons. The molecule has 2 unspecified atom stereocenters. The van der Waals surface area contributed by atoms with Gasteiger partial charge < -0.3 is 15.7 Å². The van der Waals surface area contributed by atoms with Crippen LogP contribution in [0.1, 0.15) is 64.6 Å². The molecule has 5 nitrogen and oxygen atoms in total. The molecule has 0 radical (unpaired) electrons. The lowest BCUT2D eigenvalue weighted by Gasteiger charge is -2.34. The van der Waals surface area contributed by atoms with Gasteiger partial charge in [-0.1, -0.05) is 60.7 Å². The number of carboxylic acid groups (broad SMARTS) is 1. The molecule has 0 aromatic heterocycles. The van der Waals surface area contributed by atoms with Crippen LogP contribution in [0.2, 0.25) is 0 Å². The second kappa shape index (κ2) is 11.0. The standard InChI is InChI=1S/C29H32N2O3/c30-28(32)27(22-14-16-23(17-15-22)29(33)34)25(18-13-21-9-3-1-4-10-21)24-11-5-6-12-26(24)31-19-7-2-8-20-31/h1,3-6,9-12,14-17,25,27H,2,7-8,13,18-20H2,(H2,30,32)(H,33,34). The molecule has 34 heavy (non-hydrogen) atoms. The van der Waals surface area contributed by atoms with E-state index in [9.17, 15) is 14.7 Å². The predicted octanol–water partition coefficient (Wildman–Crippen LogP) is 5.36. The van der Waals surface area contributed by atoms with Crippen LogP contribution in [0.3, 0.4) is 0 Å². The van der Waals surface area contributed by atoms with Gasteiger partial charge in [-0.2, -0.15) is 0 Å². The Morgan fingerprint density at radius 2 is 1.50 bits per heavy atom. The van der Waals surface area contributed by atoms with Crippen LogP contribution in [0.15, 0.2) is 78.9 Å². The zero-order chi connectivity index (χ0) is 23.9. The summed E-state index contributed by atoms with van der Waals surface area (Å²) in [5.74, 6) is -2.07. The van der Waals surface area contributed by atoms with E-state index in [1.54, 1.807) is 24.3 Å². The van der Waals surface area contributed by atoms with Crippen molar-refractivity contribution in [3.05, 3.63) is 101 Å². The van der Waals surface area contributed by atoms with E-state index >= 15 is 0 Å². The van der Waals surface area contributed by atoms with Gasteiger partial charge in [0.25, 0.3) is 0 Å². The molecule has 0 saturated carbocycles. The highest BCUT2D eigenvalue weighted by atomic mass is 16.4. The number of hydrogen-bond acceptors (Lipinski definition) is 3. The van der Waals surface area contributed by atoms with Gasteiger partial charge >= 0.3 is 5.97 Å². The molecule has 3 aromatic rings. The smallest absolute Gasteiger partial charge is 0.335 e. The highest BCUT2D eigenvalue weighted by Gasteiger charge is 2.32. The molecule has 0 bridgehead atoms. The van der Waals surface area contributed by atoms with Crippen LogP contribution in [0, 0.1) is 0 Å². The second-order valence-corrected chi connectivity index (χ2v) is 9.04. The average Bonchev–Trinajstić information content (AvgIpc) is 2.87. The number of aromatic carboxylic acids is 1. The van der Waals surface area contributed by atoms with E-state index < -0.39 is 17.8 Å². The van der Waals surface area contributed by atoms with Gasteiger partial charge in [0, 0.05) is 24.7 Å². The van der Waals surface area contributed by atoms with Crippen LogP contribution in [0.4, 0.5) is 5.69 Å². The third-order valence-electron chi connectivity index (χ3n) is 6.85. The molecule has 1 amide bonds. The summed E-state index contributed by atoms with van der Waals surface area (Å²) >= 11 is 0. The van der Waals surface area contributed by atoms with Crippen molar-refractivity contribution in [2.24, 2.45) is 5.73 Å². The van der Waals surface area contributed by atoms with Crippen LogP contribution >= 0.6 is 0 Å². The summed E-state index contributed by atoms with van der Waals surface area (Å²) in [6, 6.07) is 25.2. The summed E-state index contributed by atoms with van der Waals surface area (Å²) in [6.45, 7) is 2.02. The number of carbonyl (C=O) groups is 2. The Bertz CT molecular complexity index is 1110.